The first kappa shape index (κ1) is 30.0. The number of para-hydroxylation sites is 1. The van der Waals surface area contributed by atoms with Gasteiger partial charge in [-0.1, -0.05) is 71.8 Å². The lowest BCUT2D eigenvalue weighted by atomic mass is 10.0. The molecule has 0 saturated carbocycles. The Kier molecular flexibility index (Phi) is 8.76. The fourth-order valence-corrected chi connectivity index (χ4v) is 5.17. The monoisotopic (exact) mass is 591 g/mol. The summed E-state index contributed by atoms with van der Waals surface area (Å²) >= 11 is 0. The summed E-state index contributed by atoms with van der Waals surface area (Å²) in [6.07, 6.45) is 0. The largest absolute Gasteiger partial charge is 0.497 e. The van der Waals surface area contributed by atoms with Crippen LogP contribution in [0.1, 0.15) is 38.7 Å². The van der Waals surface area contributed by atoms with Gasteiger partial charge in [-0.05, 0) is 49.2 Å². The zero-order valence-electron chi connectivity index (χ0n) is 25.0. The number of nitrogens with one attached hydrogen (secondary N) is 1. The summed E-state index contributed by atoms with van der Waals surface area (Å²) < 4.78 is 10.8. The van der Waals surface area contributed by atoms with Crippen molar-refractivity contribution in [1.82, 2.24) is 4.90 Å². The molecule has 0 saturated heterocycles. The van der Waals surface area contributed by atoms with Gasteiger partial charge in [0.25, 0.3) is 17.6 Å². The van der Waals surface area contributed by atoms with E-state index in [9.17, 15) is 19.2 Å². The van der Waals surface area contributed by atoms with E-state index in [1.165, 1.54) is 24.0 Å². The third-order valence-corrected chi connectivity index (χ3v) is 7.59. The molecule has 0 fully saturated rings. The molecule has 1 N–H and O–H groups in total. The second kappa shape index (κ2) is 12.8. The van der Waals surface area contributed by atoms with Crippen LogP contribution in [0, 0.1) is 13.8 Å². The van der Waals surface area contributed by atoms with Crippen molar-refractivity contribution in [2.75, 3.05) is 31.0 Å². The molecular formula is C35H33N3O6. The Balaban J connectivity index is 1.56. The van der Waals surface area contributed by atoms with Gasteiger partial charge in [-0.15, -0.1) is 0 Å². The lowest BCUT2D eigenvalue weighted by molar-refractivity contribution is -0.139. The number of carbonyl (C=O) groups excluding carboxylic acids is 4. The summed E-state index contributed by atoms with van der Waals surface area (Å²) in [5.74, 6) is -1.51. The smallest absolute Gasteiger partial charge is 0.299 e. The molecule has 0 bridgehead atoms. The molecule has 0 radical (unpaired) electrons. The lowest BCUT2D eigenvalue weighted by Crippen LogP contribution is -2.46. The Bertz CT molecular complexity index is 1720. The number of carbonyl (C=O) groups is 4. The number of aryl methyl sites for hydroxylation is 2. The van der Waals surface area contributed by atoms with Crippen molar-refractivity contribution >= 4 is 34.9 Å². The molecule has 1 aliphatic rings. The number of hydrogen-bond acceptors (Lipinski definition) is 6. The number of benzene rings is 4. The highest BCUT2D eigenvalue weighted by Crippen LogP contribution is 2.33. The van der Waals surface area contributed by atoms with Crippen LogP contribution in [-0.2, 0) is 20.9 Å². The van der Waals surface area contributed by atoms with Gasteiger partial charge in [0.05, 0.1) is 31.2 Å². The number of ketones is 1. The van der Waals surface area contributed by atoms with Gasteiger partial charge in [-0.2, -0.15) is 0 Å². The number of ether oxygens (including phenoxy) is 2. The predicted octanol–water partition coefficient (Wildman–Crippen LogP) is 5.26. The van der Waals surface area contributed by atoms with Crippen LogP contribution >= 0.6 is 0 Å². The maximum atomic E-state index is 14.3. The molecular weight excluding hydrogens is 558 g/mol. The third-order valence-electron chi connectivity index (χ3n) is 7.59. The molecule has 224 valence electrons. The first-order valence-corrected chi connectivity index (χ1v) is 14.1. The number of hydrogen-bond donors (Lipinski definition) is 1. The molecule has 0 spiro atoms. The number of amides is 3. The highest BCUT2D eigenvalue weighted by molar-refractivity contribution is 6.52. The van der Waals surface area contributed by atoms with E-state index < -0.39 is 36.1 Å². The molecule has 44 heavy (non-hydrogen) atoms. The van der Waals surface area contributed by atoms with E-state index in [4.69, 9.17) is 9.47 Å². The quantitative estimate of drug-likeness (QED) is 0.252. The summed E-state index contributed by atoms with van der Waals surface area (Å²) in [7, 11) is 3.02. The van der Waals surface area contributed by atoms with Gasteiger partial charge in [0.15, 0.2) is 0 Å². The van der Waals surface area contributed by atoms with Crippen molar-refractivity contribution in [1.29, 1.82) is 0 Å². The fraction of sp³-hybridized carbons (Fsp3) is 0.200. The predicted molar refractivity (Wildman–Crippen MR) is 167 cm³/mol. The van der Waals surface area contributed by atoms with E-state index in [-0.39, 0.29) is 12.1 Å². The molecule has 3 amide bonds. The number of nitrogens with zero attached hydrogens (tertiary/aromatic N) is 2. The summed E-state index contributed by atoms with van der Waals surface area (Å²) in [4.78, 5) is 56.8. The SMILES string of the molecule is COc1ccc(NC(=O)C(c2ccc(C)cc2)N(Cc2ccc(C)cc2)C(=O)CN2C(=O)C(=O)c3ccccc32)c(OC)c1. The third kappa shape index (κ3) is 6.17. The zero-order valence-corrected chi connectivity index (χ0v) is 25.0. The van der Waals surface area contributed by atoms with Crippen molar-refractivity contribution < 1.29 is 28.7 Å². The second-order valence-electron chi connectivity index (χ2n) is 10.6. The van der Waals surface area contributed by atoms with Crippen LogP contribution in [0.5, 0.6) is 11.5 Å². The summed E-state index contributed by atoms with van der Waals surface area (Å²) in [5.41, 5.74) is 4.40. The van der Waals surface area contributed by atoms with Gasteiger partial charge in [-0.3, -0.25) is 24.1 Å². The van der Waals surface area contributed by atoms with Crippen molar-refractivity contribution in [2.45, 2.75) is 26.4 Å². The van der Waals surface area contributed by atoms with Crippen molar-refractivity contribution in [2.24, 2.45) is 0 Å². The number of rotatable bonds is 10. The number of anilines is 2. The zero-order chi connectivity index (χ0) is 31.4. The molecule has 1 aliphatic heterocycles. The number of methoxy groups -OCH3 is 2. The molecule has 0 aromatic heterocycles. The van der Waals surface area contributed by atoms with Crippen LogP contribution in [0.3, 0.4) is 0 Å². The Labute approximate surface area is 256 Å². The Hall–Kier alpha value is -5.44. The van der Waals surface area contributed by atoms with Crippen molar-refractivity contribution in [3.8, 4) is 11.5 Å². The Morgan fingerprint density at radius 3 is 2.16 bits per heavy atom. The maximum Gasteiger partial charge on any atom is 0.299 e. The average Bonchev–Trinajstić information content (AvgIpc) is 3.27. The van der Waals surface area contributed by atoms with Gasteiger partial charge >= 0.3 is 0 Å². The molecule has 4 aromatic carbocycles. The van der Waals surface area contributed by atoms with Crippen LogP contribution in [-0.4, -0.2) is 49.2 Å². The van der Waals surface area contributed by atoms with E-state index in [0.717, 1.165) is 16.7 Å². The fourth-order valence-electron chi connectivity index (χ4n) is 5.17. The normalized spacial score (nSPS) is 12.9. The van der Waals surface area contributed by atoms with Gasteiger partial charge < -0.3 is 19.7 Å². The standard InChI is InChI=1S/C35H33N3O6/c1-22-9-13-24(14-10-22)20-38(31(39)21-37-29-8-6-5-7-27(29)33(40)35(37)42)32(25-15-11-23(2)12-16-25)34(41)36-28-18-17-26(43-3)19-30(28)44-4/h5-19,32H,20-21H2,1-4H3,(H,36,41). The van der Waals surface area contributed by atoms with Crippen LogP contribution < -0.4 is 19.7 Å². The van der Waals surface area contributed by atoms with Crippen LogP contribution in [0.25, 0.3) is 0 Å². The van der Waals surface area contributed by atoms with Crippen LogP contribution in [0.4, 0.5) is 11.4 Å². The number of fused-ring (bicyclic) bond motifs is 1. The van der Waals surface area contributed by atoms with E-state index in [1.54, 1.807) is 54.6 Å². The number of Topliss-reactive ketones (excluding diaryl/α,β-unsaturated/α-hetero) is 1. The summed E-state index contributed by atoms with van der Waals surface area (Å²) in [6, 6.07) is 25.5. The lowest BCUT2D eigenvalue weighted by Gasteiger charge is -2.33. The molecule has 1 atom stereocenters. The topological polar surface area (TPSA) is 105 Å². The minimum Gasteiger partial charge on any atom is -0.497 e. The maximum absolute atomic E-state index is 14.3. The molecule has 9 heteroatoms. The van der Waals surface area contributed by atoms with E-state index in [2.05, 4.69) is 5.32 Å². The van der Waals surface area contributed by atoms with E-state index in [0.29, 0.717) is 28.4 Å². The van der Waals surface area contributed by atoms with Gasteiger partial charge in [0.2, 0.25) is 5.91 Å². The first-order valence-electron chi connectivity index (χ1n) is 14.1. The van der Waals surface area contributed by atoms with Crippen molar-refractivity contribution in [3.63, 3.8) is 0 Å². The minimum absolute atomic E-state index is 0.0719. The van der Waals surface area contributed by atoms with Gasteiger partial charge in [-0.25, -0.2) is 0 Å². The molecule has 1 heterocycles. The Morgan fingerprint density at radius 2 is 1.50 bits per heavy atom. The van der Waals surface area contributed by atoms with E-state index >= 15 is 0 Å². The molecule has 5 rings (SSSR count). The molecule has 9 nitrogen and oxygen atoms in total. The van der Waals surface area contributed by atoms with Crippen LogP contribution in [0.2, 0.25) is 0 Å². The molecule has 4 aromatic rings. The highest BCUT2D eigenvalue weighted by Gasteiger charge is 2.39. The van der Waals surface area contributed by atoms with Gasteiger partial charge in [0, 0.05) is 12.6 Å². The summed E-state index contributed by atoms with van der Waals surface area (Å²) in [6.45, 7) is 3.55. The van der Waals surface area contributed by atoms with Gasteiger partial charge in [0.1, 0.15) is 24.1 Å². The minimum atomic E-state index is -1.10. The highest BCUT2D eigenvalue weighted by atomic mass is 16.5. The van der Waals surface area contributed by atoms with Crippen molar-refractivity contribution in [3.05, 3.63) is 119 Å². The molecule has 0 aliphatic carbocycles. The second-order valence-corrected chi connectivity index (χ2v) is 10.6. The van der Waals surface area contributed by atoms with E-state index in [1.807, 2.05) is 50.2 Å². The summed E-state index contributed by atoms with van der Waals surface area (Å²) in [5, 5.41) is 2.93. The molecule has 1 unspecified atom stereocenters. The van der Waals surface area contributed by atoms with Crippen LogP contribution in [0.15, 0.2) is 91.0 Å². The Morgan fingerprint density at radius 1 is 0.841 bits per heavy atom. The first-order chi connectivity index (χ1) is 21.2. The average molecular weight is 592 g/mol.